The lowest BCUT2D eigenvalue weighted by molar-refractivity contribution is 0.0635. The van der Waals surface area contributed by atoms with Crippen molar-refractivity contribution in [3.63, 3.8) is 0 Å². The van der Waals surface area contributed by atoms with Crippen LogP contribution in [0.25, 0.3) is 0 Å². The summed E-state index contributed by atoms with van der Waals surface area (Å²) in [4.78, 5) is 23.3. The van der Waals surface area contributed by atoms with Crippen molar-refractivity contribution in [2.45, 2.75) is 32.2 Å². The second kappa shape index (κ2) is 8.43. The minimum atomic E-state index is 0.0345. The molecule has 1 saturated heterocycles. The van der Waals surface area contributed by atoms with Crippen molar-refractivity contribution >= 4 is 35.0 Å². The van der Waals surface area contributed by atoms with Gasteiger partial charge in [-0.15, -0.1) is 0 Å². The molecule has 2 heterocycles. The first-order valence-corrected chi connectivity index (χ1v) is 9.37. The Kier molecular flexibility index (Phi) is 6.01. The van der Waals surface area contributed by atoms with Gasteiger partial charge in [0.1, 0.15) is 16.6 Å². The SMILES string of the molecule is CNc1nc(Nc2ccc(C(=O)N3CCCCC3C)cc2OC)ncc1Cl. The predicted molar refractivity (Wildman–Crippen MR) is 107 cm³/mol. The smallest absolute Gasteiger partial charge is 0.254 e. The fourth-order valence-electron chi connectivity index (χ4n) is 3.22. The minimum absolute atomic E-state index is 0.0345. The number of hydrogen-bond acceptors (Lipinski definition) is 6. The highest BCUT2D eigenvalue weighted by molar-refractivity contribution is 6.32. The number of halogens is 1. The lowest BCUT2D eigenvalue weighted by Crippen LogP contribution is -2.42. The van der Waals surface area contributed by atoms with E-state index in [0.29, 0.717) is 33.8 Å². The molecule has 2 aromatic rings. The average molecular weight is 390 g/mol. The second-order valence-corrected chi connectivity index (χ2v) is 6.93. The molecule has 0 radical (unpaired) electrons. The molecule has 1 aromatic carbocycles. The number of hydrogen-bond donors (Lipinski definition) is 2. The third-order valence-electron chi connectivity index (χ3n) is 4.74. The van der Waals surface area contributed by atoms with E-state index in [9.17, 15) is 4.79 Å². The Morgan fingerprint density at radius 2 is 2.19 bits per heavy atom. The van der Waals surface area contributed by atoms with Crippen LogP contribution in [-0.2, 0) is 0 Å². The topological polar surface area (TPSA) is 79.4 Å². The van der Waals surface area contributed by atoms with Crippen molar-refractivity contribution in [3.8, 4) is 5.75 Å². The van der Waals surface area contributed by atoms with Crippen LogP contribution >= 0.6 is 11.6 Å². The summed E-state index contributed by atoms with van der Waals surface area (Å²) in [5.41, 5.74) is 1.28. The summed E-state index contributed by atoms with van der Waals surface area (Å²) in [5.74, 6) is 1.49. The molecule has 3 rings (SSSR count). The number of amides is 1. The van der Waals surface area contributed by atoms with Crippen molar-refractivity contribution in [1.82, 2.24) is 14.9 Å². The molecule has 1 fully saturated rings. The fraction of sp³-hybridized carbons (Fsp3) is 0.421. The molecule has 27 heavy (non-hydrogen) atoms. The van der Waals surface area contributed by atoms with E-state index in [1.807, 2.05) is 4.90 Å². The van der Waals surface area contributed by atoms with Crippen LogP contribution in [0, 0.1) is 0 Å². The highest BCUT2D eigenvalue weighted by Gasteiger charge is 2.25. The van der Waals surface area contributed by atoms with Gasteiger partial charge in [0.15, 0.2) is 0 Å². The van der Waals surface area contributed by atoms with Gasteiger partial charge in [-0.05, 0) is 44.4 Å². The summed E-state index contributed by atoms with van der Waals surface area (Å²) in [5, 5.41) is 6.46. The molecule has 0 aliphatic carbocycles. The quantitative estimate of drug-likeness (QED) is 0.806. The van der Waals surface area contributed by atoms with Crippen molar-refractivity contribution in [2.24, 2.45) is 0 Å². The van der Waals surface area contributed by atoms with Gasteiger partial charge in [-0.3, -0.25) is 4.79 Å². The van der Waals surface area contributed by atoms with Crippen LogP contribution < -0.4 is 15.4 Å². The number of ether oxygens (including phenoxy) is 1. The van der Waals surface area contributed by atoms with Crippen molar-refractivity contribution < 1.29 is 9.53 Å². The number of benzene rings is 1. The lowest BCUT2D eigenvalue weighted by atomic mass is 10.0. The molecule has 1 atom stereocenters. The Morgan fingerprint density at radius 1 is 1.37 bits per heavy atom. The van der Waals surface area contributed by atoms with E-state index in [-0.39, 0.29) is 11.9 Å². The Hall–Kier alpha value is -2.54. The lowest BCUT2D eigenvalue weighted by Gasteiger charge is -2.33. The zero-order valence-corrected chi connectivity index (χ0v) is 16.5. The number of piperidine rings is 1. The molecule has 0 spiro atoms. The fourth-order valence-corrected chi connectivity index (χ4v) is 3.40. The average Bonchev–Trinajstić information content (AvgIpc) is 2.69. The molecule has 8 heteroatoms. The summed E-state index contributed by atoms with van der Waals surface area (Å²) in [7, 11) is 3.31. The Morgan fingerprint density at radius 3 is 2.89 bits per heavy atom. The van der Waals surface area contributed by atoms with E-state index in [4.69, 9.17) is 16.3 Å². The first-order chi connectivity index (χ1) is 13.0. The zero-order valence-electron chi connectivity index (χ0n) is 15.8. The molecule has 1 aliphatic heterocycles. The number of nitrogens with one attached hydrogen (secondary N) is 2. The highest BCUT2D eigenvalue weighted by atomic mass is 35.5. The number of carbonyl (C=O) groups is 1. The van der Waals surface area contributed by atoms with E-state index < -0.39 is 0 Å². The molecule has 1 aliphatic rings. The summed E-state index contributed by atoms with van der Waals surface area (Å²) in [6, 6.07) is 5.61. The van der Waals surface area contributed by atoms with Gasteiger partial charge >= 0.3 is 0 Å². The van der Waals surface area contributed by atoms with Crippen LogP contribution in [0.1, 0.15) is 36.5 Å². The van der Waals surface area contributed by atoms with E-state index in [0.717, 1.165) is 19.4 Å². The third-order valence-corrected chi connectivity index (χ3v) is 5.02. The molecule has 1 unspecified atom stereocenters. The second-order valence-electron chi connectivity index (χ2n) is 6.52. The largest absolute Gasteiger partial charge is 0.495 e. The number of carbonyl (C=O) groups excluding carboxylic acids is 1. The van der Waals surface area contributed by atoms with E-state index in [2.05, 4.69) is 27.5 Å². The van der Waals surface area contributed by atoms with E-state index >= 15 is 0 Å². The standard InChI is InChI=1S/C19H24ClN5O2/c1-12-6-4-5-9-25(12)18(26)13-7-8-15(16(10-13)27-3)23-19-22-11-14(20)17(21-2)24-19/h7-8,10-12H,4-6,9H2,1-3H3,(H2,21,22,23,24). The van der Waals surface area contributed by atoms with E-state index in [1.165, 1.54) is 12.6 Å². The molecule has 144 valence electrons. The normalized spacial score (nSPS) is 16.7. The number of aromatic nitrogens is 2. The Bertz CT molecular complexity index is 830. The van der Waals surface area contributed by atoms with Crippen LogP contribution in [0.3, 0.4) is 0 Å². The zero-order chi connectivity index (χ0) is 19.4. The number of methoxy groups -OCH3 is 1. The molecule has 0 saturated carbocycles. The predicted octanol–water partition coefficient (Wildman–Crippen LogP) is 3.94. The summed E-state index contributed by atoms with van der Waals surface area (Å²) in [6.07, 6.45) is 4.79. The van der Waals surface area contributed by atoms with Crippen LogP contribution in [0.4, 0.5) is 17.5 Å². The first kappa shape index (κ1) is 19.2. The molecule has 1 aromatic heterocycles. The first-order valence-electron chi connectivity index (χ1n) is 8.99. The third kappa shape index (κ3) is 4.24. The monoisotopic (exact) mass is 389 g/mol. The summed E-state index contributed by atoms with van der Waals surface area (Å²) >= 11 is 6.02. The number of rotatable bonds is 5. The van der Waals surface area contributed by atoms with Crippen LogP contribution in [0.5, 0.6) is 5.75 Å². The molecular formula is C19H24ClN5O2. The van der Waals surface area contributed by atoms with Gasteiger partial charge in [-0.25, -0.2) is 4.98 Å². The van der Waals surface area contributed by atoms with Gasteiger partial charge in [-0.2, -0.15) is 4.98 Å². The van der Waals surface area contributed by atoms with Gasteiger partial charge < -0.3 is 20.3 Å². The van der Waals surface area contributed by atoms with Gasteiger partial charge in [0.25, 0.3) is 5.91 Å². The number of anilines is 3. The van der Waals surface area contributed by atoms with Gasteiger partial charge in [-0.1, -0.05) is 11.6 Å². The van der Waals surface area contributed by atoms with Crippen molar-refractivity contribution in [2.75, 3.05) is 31.3 Å². The molecular weight excluding hydrogens is 366 g/mol. The van der Waals surface area contributed by atoms with Crippen LogP contribution in [0.2, 0.25) is 5.02 Å². The van der Waals surface area contributed by atoms with Crippen LogP contribution in [-0.4, -0.2) is 47.5 Å². The van der Waals surface area contributed by atoms with Gasteiger partial charge in [0.05, 0.1) is 19.0 Å². The Labute approximate surface area is 164 Å². The van der Waals surface area contributed by atoms with Crippen molar-refractivity contribution in [1.29, 1.82) is 0 Å². The van der Waals surface area contributed by atoms with E-state index in [1.54, 1.807) is 32.4 Å². The molecule has 7 nitrogen and oxygen atoms in total. The maximum atomic E-state index is 12.9. The minimum Gasteiger partial charge on any atom is -0.495 e. The summed E-state index contributed by atoms with van der Waals surface area (Å²) in [6.45, 7) is 2.90. The van der Waals surface area contributed by atoms with Crippen LogP contribution in [0.15, 0.2) is 24.4 Å². The molecule has 1 amide bonds. The number of likely N-dealkylation sites (tertiary alicyclic amines) is 1. The number of nitrogens with zero attached hydrogens (tertiary/aromatic N) is 3. The van der Waals surface area contributed by atoms with Crippen molar-refractivity contribution in [3.05, 3.63) is 35.0 Å². The summed E-state index contributed by atoms with van der Waals surface area (Å²) < 4.78 is 5.47. The van der Waals surface area contributed by atoms with Gasteiger partial charge in [0.2, 0.25) is 5.95 Å². The van der Waals surface area contributed by atoms with Gasteiger partial charge in [0, 0.05) is 25.2 Å². The Balaban J connectivity index is 1.83. The molecule has 0 bridgehead atoms. The molecule has 2 N–H and O–H groups in total. The highest BCUT2D eigenvalue weighted by Crippen LogP contribution is 2.30. The maximum Gasteiger partial charge on any atom is 0.254 e. The maximum absolute atomic E-state index is 12.9.